The molecule has 0 spiro atoms. The predicted octanol–water partition coefficient (Wildman–Crippen LogP) is 2.75. The maximum Gasteiger partial charge on any atom is 0.262 e. The molecule has 0 aromatic heterocycles. The number of carbonyl (C=O) groups is 1. The van der Waals surface area contributed by atoms with Crippen molar-refractivity contribution in [2.24, 2.45) is 0 Å². The van der Waals surface area contributed by atoms with Crippen LogP contribution in [0.5, 0.6) is 23.0 Å². The number of nitriles is 1. The fourth-order valence-corrected chi connectivity index (χ4v) is 2.44. The minimum Gasteiger partial charge on any atom is -0.493 e. The second kappa shape index (κ2) is 8.12. The SMILES string of the molecule is COc1cc(C#N)ccc1OCC(=O)Nc1ccc2c(c1)OCCCO2. The summed E-state index contributed by atoms with van der Waals surface area (Å²) in [7, 11) is 1.47. The molecule has 1 aliphatic heterocycles. The van der Waals surface area contributed by atoms with E-state index in [0.717, 1.165) is 6.42 Å². The van der Waals surface area contributed by atoms with E-state index in [2.05, 4.69) is 5.32 Å². The van der Waals surface area contributed by atoms with E-state index in [9.17, 15) is 4.79 Å². The lowest BCUT2D eigenvalue weighted by atomic mass is 10.2. The first-order chi connectivity index (χ1) is 12.7. The molecule has 0 radical (unpaired) electrons. The first-order valence-corrected chi connectivity index (χ1v) is 8.10. The summed E-state index contributed by atoms with van der Waals surface area (Å²) in [6, 6.07) is 12.0. The molecule has 0 unspecified atom stereocenters. The molecule has 1 amide bonds. The molecule has 3 rings (SSSR count). The van der Waals surface area contributed by atoms with Gasteiger partial charge in [0.25, 0.3) is 5.91 Å². The molecule has 7 heteroatoms. The molecule has 2 aromatic carbocycles. The average Bonchev–Trinajstić information content (AvgIpc) is 2.91. The van der Waals surface area contributed by atoms with Gasteiger partial charge in [0.2, 0.25) is 0 Å². The first-order valence-electron chi connectivity index (χ1n) is 8.10. The zero-order chi connectivity index (χ0) is 18.4. The number of anilines is 1. The van der Waals surface area contributed by atoms with E-state index in [1.54, 1.807) is 36.4 Å². The smallest absolute Gasteiger partial charge is 0.262 e. The monoisotopic (exact) mass is 354 g/mol. The molecular formula is C19H18N2O5. The summed E-state index contributed by atoms with van der Waals surface area (Å²) in [6.07, 6.45) is 0.816. The van der Waals surface area contributed by atoms with Crippen molar-refractivity contribution in [3.05, 3.63) is 42.0 Å². The molecule has 1 aliphatic rings. The number of hydrogen-bond acceptors (Lipinski definition) is 6. The number of methoxy groups -OCH3 is 1. The molecule has 0 fully saturated rings. The lowest BCUT2D eigenvalue weighted by molar-refractivity contribution is -0.118. The Morgan fingerprint density at radius 2 is 1.96 bits per heavy atom. The van der Waals surface area contributed by atoms with Gasteiger partial charge in [-0.15, -0.1) is 0 Å². The van der Waals surface area contributed by atoms with E-state index in [4.69, 9.17) is 24.2 Å². The number of amides is 1. The van der Waals surface area contributed by atoms with Crippen LogP contribution in [0, 0.1) is 11.3 Å². The quantitative estimate of drug-likeness (QED) is 0.888. The third-order valence-electron chi connectivity index (χ3n) is 3.68. The van der Waals surface area contributed by atoms with Crippen LogP contribution in [0.1, 0.15) is 12.0 Å². The number of rotatable bonds is 5. The number of fused-ring (bicyclic) bond motifs is 1. The van der Waals surface area contributed by atoms with Gasteiger partial charge in [-0.3, -0.25) is 4.79 Å². The van der Waals surface area contributed by atoms with Crippen molar-refractivity contribution < 1.29 is 23.7 Å². The van der Waals surface area contributed by atoms with Crippen molar-refractivity contribution in [2.45, 2.75) is 6.42 Å². The third-order valence-corrected chi connectivity index (χ3v) is 3.68. The molecule has 0 saturated carbocycles. The maximum atomic E-state index is 12.1. The summed E-state index contributed by atoms with van der Waals surface area (Å²) >= 11 is 0. The van der Waals surface area contributed by atoms with Gasteiger partial charge in [-0.1, -0.05) is 0 Å². The van der Waals surface area contributed by atoms with Gasteiger partial charge in [0, 0.05) is 24.2 Å². The first kappa shape index (κ1) is 17.4. The minimum atomic E-state index is -0.328. The van der Waals surface area contributed by atoms with Gasteiger partial charge in [0.1, 0.15) is 0 Å². The normalized spacial score (nSPS) is 12.5. The van der Waals surface area contributed by atoms with Crippen molar-refractivity contribution in [3.63, 3.8) is 0 Å². The topological polar surface area (TPSA) is 89.8 Å². The molecule has 26 heavy (non-hydrogen) atoms. The highest BCUT2D eigenvalue weighted by atomic mass is 16.5. The number of carbonyl (C=O) groups excluding carboxylic acids is 1. The molecular weight excluding hydrogens is 336 g/mol. The summed E-state index contributed by atoms with van der Waals surface area (Å²) in [5, 5.41) is 11.7. The second-order valence-electron chi connectivity index (χ2n) is 5.53. The van der Waals surface area contributed by atoms with E-state index >= 15 is 0 Å². The molecule has 134 valence electrons. The Balaban J connectivity index is 1.61. The highest BCUT2D eigenvalue weighted by molar-refractivity contribution is 5.92. The van der Waals surface area contributed by atoms with Gasteiger partial charge in [0.05, 0.1) is 32.0 Å². The van der Waals surface area contributed by atoms with E-state index in [1.807, 2.05) is 6.07 Å². The summed E-state index contributed by atoms with van der Waals surface area (Å²) in [5.41, 5.74) is 1.04. The largest absolute Gasteiger partial charge is 0.493 e. The van der Waals surface area contributed by atoms with E-state index < -0.39 is 0 Å². The number of nitrogens with one attached hydrogen (secondary N) is 1. The van der Waals surface area contributed by atoms with Gasteiger partial charge < -0.3 is 24.3 Å². The molecule has 2 aromatic rings. The van der Waals surface area contributed by atoms with Crippen LogP contribution in [-0.2, 0) is 4.79 Å². The van der Waals surface area contributed by atoms with Crippen LogP contribution < -0.4 is 24.3 Å². The zero-order valence-corrected chi connectivity index (χ0v) is 14.3. The highest BCUT2D eigenvalue weighted by Gasteiger charge is 2.13. The summed E-state index contributed by atoms with van der Waals surface area (Å²) in [6.45, 7) is 0.988. The Hall–Kier alpha value is -3.40. The van der Waals surface area contributed by atoms with Crippen molar-refractivity contribution >= 4 is 11.6 Å². The molecule has 0 saturated heterocycles. The molecule has 0 aliphatic carbocycles. The van der Waals surface area contributed by atoms with Crippen LogP contribution in [0.2, 0.25) is 0 Å². The maximum absolute atomic E-state index is 12.1. The molecule has 0 atom stereocenters. The van der Waals surface area contributed by atoms with E-state index in [0.29, 0.717) is 47.5 Å². The Kier molecular flexibility index (Phi) is 5.44. The lowest BCUT2D eigenvalue weighted by Crippen LogP contribution is -2.20. The summed E-state index contributed by atoms with van der Waals surface area (Å²) in [5.74, 6) is 1.73. The molecule has 1 N–H and O–H groups in total. The molecule has 1 heterocycles. The number of benzene rings is 2. The van der Waals surface area contributed by atoms with Crippen LogP contribution in [0.3, 0.4) is 0 Å². The number of hydrogen-bond donors (Lipinski definition) is 1. The highest BCUT2D eigenvalue weighted by Crippen LogP contribution is 2.32. The fraction of sp³-hybridized carbons (Fsp3) is 0.263. The second-order valence-corrected chi connectivity index (χ2v) is 5.53. The summed E-state index contributed by atoms with van der Waals surface area (Å²) < 4.78 is 21.8. The van der Waals surface area contributed by atoms with Gasteiger partial charge in [0.15, 0.2) is 29.6 Å². The van der Waals surface area contributed by atoms with Crippen LogP contribution >= 0.6 is 0 Å². The Bertz CT molecular complexity index is 844. The fourth-order valence-electron chi connectivity index (χ4n) is 2.44. The Morgan fingerprint density at radius 1 is 1.15 bits per heavy atom. The average molecular weight is 354 g/mol. The minimum absolute atomic E-state index is 0.198. The Morgan fingerprint density at radius 3 is 2.73 bits per heavy atom. The van der Waals surface area contributed by atoms with Crippen molar-refractivity contribution in [2.75, 3.05) is 32.2 Å². The zero-order valence-electron chi connectivity index (χ0n) is 14.3. The van der Waals surface area contributed by atoms with Crippen LogP contribution in [0.15, 0.2) is 36.4 Å². The van der Waals surface area contributed by atoms with Crippen molar-refractivity contribution in [3.8, 4) is 29.1 Å². The van der Waals surface area contributed by atoms with Crippen molar-refractivity contribution in [1.82, 2.24) is 0 Å². The van der Waals surface area contributed by atoms with E-state index in [-0.39, 0.29) is 12.5 Å². The standard InChI is InChI=1S/C19H18N2O5/c1-23-17-9-13(11-20)3-5-15(17)26-12-19(22)21-14-4-6-16-18(10-14)25-8-2-7-24-16/h3-6,9-10H,2,7-8,12H2,1H3,(H,21,22). The Labute approximate surface area is 151 Å². The summed E-state index contributed by atoms with van der Waals surface area (Å²) in [4.78, 5) is 12.1. The van der Waals surface area contributed by atoms with Crippen molar-refractivity contribution in [1.29, 1.82) is 5.26 Å². The van der Waals surface area contributed by atoms with E-state index in [1.165, 1.54) is 7.11 Å². The lowest BCUT2D eigenvalue weighted by Gasteiger charge is -2.12. The predicted molar refractivity (Wildman–Crippen MR) is 93.9 cm³/mol. The molecule has 7 nitrogen and oxygen atoms in total. The molecule has 0 bridgehead atoms. The number of nitrogens with zero attached hydrogens (tertiary/aromatic N) is 1. The van der Waals surface area contributed by atoms with Gasteiger partial charge in [-0.2, -0.15) is 5.26 Å². The van der Waals surface area contributed by atoms with Crippen LogP contribution in [0.25, 0.3) is 0 Å². The number of ether oxygens (including phenoxy) is 4. The third kappa shape index (κ3) is 4.16. The van der Waals surface area contributed by atoms with Gasteiger partial charge in [-0.25, -0.2) is 0 Å². The van der Waals surface area contributed by atoms with Crippen LogP contribution in [0.4, 0.5) is 5.69 Å². The van der Waals surface area contributed by atoms with Gasteiger partial charge in [-0.05, 0) is 24.3 Å². The van der Waals surface area contributed by atoms with Crippen LogP contribution in [-0.4, -0.2) is 32.8 Å². The van der Waals surface area contributed by atoms with Gasteiger partial charge >= 0.3 is 0 Å².